The van der Waals surface area contributed by atoms with Crippen LogP contribution in [0.5, 0.6) is 0 Å². The molecule has 0 radical (unpaired) electrons. The van der Waals surface area contributed by atoms with Crippen molar-refractivity contribution in [1.29, 1.82) is 0 Å². The first-order valence-electron chi connectivity index (χ1n) is 6.71. The highest BCUT2D eigenvalue weighted by molar-refractivity contribution is 9.10. The predicted molar refractivity (Wildman–Crippen MR) is 86.6 cm³/mol. The topological polar surface area (TPSA) is 62.0 Å². The summed E-state index contributed by atoms with van der Waals surface area (Å²) in [5, 5.41) is 2.85. The fraction of sp³-hybridized carbons (Fsp3) is 0.250. The molecule has 0 aliphatic heterocycles. The van der Waals surface area contributed by atoms with E-state index in [0.717, 1.165) is 15.7 Å². The van der Waals surface area contributed by atoms with E-state index in [4.69, 9.17) is 0 Å². The second-order valence-electron chi connectivity index (χ2n) is 5.09. The van der Waals surface area contributed by atoms with Crippen LogP contribution in [-0.2, 0) is 6.42 Å². The maximum Gasteiger partial charge on any atom is 0.260 e. The minimum atomic E-state index is -0.359. The minimum Gasteiger partial charge on any atom is -0.349 e. The Morgan fingerprint density at radius 1 is 1.33 bits per heavy atom. The lowest BCUT2D eigenvalue weighted by Crippen LogP contribution is -2.37. The van der Waals surface area contributed by atoms with Crippen LogP contribution < -0.4 is 10.9 Å². The van der Waals surface area contributed by atoms with Gasteiger partial charge in [-0.1, -0.05) is 28.1 Å². The van der Waals surface area contributed by atoms with Gasteiger partial charge in [-0.15, -0.1) is 0 Å². The van der Waals surface area contributed by atoms with Crippen molar-refractivity contribution in [3.8, 4) is 0 Å². The van der Waals surface area contributed by atoms with Crippen molar-refractivity contribution in [3.63, 3.8) is 0 Å². The molecule has 2 aromatic rings. The number of aromatic nitrogens is 1. The Labute approximate surface area is 131 Å². The molecule has 0 aliphatic carbocycles. The third-order valence-electron chi connectivity index (χ3n) is 3.11. The Morgan fingerprint density at radius 3 is 2.76 bits per heavy atom. The first-order chi connectivity index (χ1) is 9.95. The van der Waals surface area contributed by atoms with Crippen LogP contribution in [0.3, 0.4) is 0 Å². The van der Waals surface area contributed by atoms with Gasteiger partial charge in [-0.3, -0.25) is 9.59 Å². The van der Waals surface area contributed by atoms with Crippen LogP contribution in [0.2, 0.25) is 0 Å². The Morgan fingerprint density at radius 2 is 2.10 bits per heavy atom. The van der Waals surface area contributed by atoms with Crippen molar-refractivity contribution >= 4 is 21.8 Å². The minimum absolute atomic E-state index is 0.0625. The molecular formula is C16H17BrN2O2. The number of carbonyl (C=O) groups is 1. The Kier molecular flexibility index (Phi) is 4.96. The number of halogens is 1. The van der Waals surface area contributed by atoms with Gasteiger partial charge in [0, 0.05) is 16.2 Å². The summed E-state index contributed by atoms with van der Waals surface area (Å²) >= 11 is 3.42. The quantitative estimate of drug-likeness (QED) is 0.892. The molecule has 21 heavy (non-hydrogen) atoms. The van der Waals surface area contributed by atoms with Gasteiger partial charge in [-0.2, -0.15) is 0 Å². The molecule has 5 heteroatoms. The van der Waals surface area contributed by atoms with Gasteiger partial charge in [0.25, 0.3) is 11.5 Å². The van der Waals surface area contributed by atoms with E-state index in [1.54, 1.807) is 19.1 Å². The van der Waals surface area contributed by atoms with Gasteiger partial charge in [-0.05, 0) is 50.1 Å². The number of benzene rings is 1. The van der Waals surface area contributed by atoms with Crippen LogP contribution in [0.1, 0.15) is 28.5 Å². The molecule has 0 saturated carbocycles. The largest absolute Gasteiger partial charge is 0.349 e. The zero-order chi connectivity index (χ0) is 15.4. The second kappa shape index (κ2) is 6.72. The molecule has 0 spiro atoms. The highest BCUT2D eigenvalue weighted by Gasteiger charge is 2.13. The van der Waals surface area contributed by atoms with Gasteiger partial charge >= 0.3 is 0 Å². The van der Waals surface area contributed by atoms with E-state index in [1.807, 2.05) is 31.2 Å². The van der Waals surface area contributed by atoms with E-state index in [1.165, 1.54) is 0 Å². The molecule has 1 heterocycles. The molecule has 0 fully saturated rings. The van der Waals surface area contributed by atoms with Crippen LogP contribution in [0.4, 0.5) is 0 Å². The lowest BCUT2D eigenvalue weighted by molar-refractivity contribution is 0.0938. The first kappa shape index (κ1) is 15.5. The first-order valence-corrected chi connectivity index (χ1v) is 7.50. The van der Waals surface area contributed by atoms with Gasteiger partial charge < -0.3 is 10.3 Å². The van der Waals surface area contributed by atoms with Crippen LogP contribution in [0, 0.1) is 6.92 Å². The van der Waals surface area contributed by atoms with E-state index >= 15 is 0 Å². The summed E-state index contributed by atoms with van der Waals surface area (Å²) in [6.07, 6.45) is 0.703. The number of pyridine rings is 1. The van der Waals surface area contributed by atoms with E-state index in [0.29, 0.717) is 6.42 Å². The number of nitrogens with one attached hydrogen (secondary N) is 2. The molecule has 110 valence electrons. The highest BCUT2D eigenvalue weighted by atomic mass is 79.9. The number of amides is 1. The second-order valence-corrected chi connectivity index (χ2v) is 6.01. The molecule has 1 atom stereocenters. The molecule has 0 saturated heterocycles. The smallest absolute Gasteiger partial charge is 0.260 e. The standard InChI is InChI=1S/C16H17BrN2O2/c1-10-6-7-14(15(20)18-10)16(21)19-11(2)8-12-4-3-5-13(17)9-12/h3-7,9,11H,8H2,1-2H3,(H,18,20)(H,19,21)/t11-/m1/s1. The van der Waals surface area contributed by atoms with Crippen molar-refractivity contribution in [2.45, 2.75) is 26.3 Å². The van der Waals surface area contributed by atoms with Gasteiger partial charge in [-0.25, -0.2) is 0 Å². The summed E-state index contributed by atoms with van der Waals surface area (Å²) < 4.78 is 1.01. The highest BCUT2D eigenvalue weighted by Crippen LogP contribution is 2.13. The Bertz CT molecular complexity index is 709. The summed E-state index contributed by atoms with van der Waals surface area (Å²) in [6, 6.07) is 11.1. The van der Waals surface area contributed by atoms with Crippen LogP contribution in [0.25, 0.3) is 0 Å². The van der Waals surface area contributed by atoms with Gasteiger partial charge in [0.05, 0.1) is 0 Å². The van der Waals surface area contributed by atoms with Gasteiger partial charge in [0.1, 0.15) is 5.56 Å². The number of carbonyl (C=O) groups excluding carboxylic acids is 1. The maximum atomic E-state index is 12.1. The summed E-state index contributed by atoms with van der Waals surface area (Å²) in [5.74, 6) is -0.348. The molecule has 0 bridgehead atoms. The molecule has 0 aliphatic rings. The summed E-state index contributed by atoms with van der Waals surface area (Å²) in [6.45, 7) is 3.69. The van der Waals surface area contributed by atoms with Crippen molar-refractivity contribution < 1.29 is 4.79 Å². The zero-order valence-electron chi connectivity index (χ0n) is 11.9. The Hall–Kier alpha value is -1.88. The number of aromatic amines is 1. The molecule has 1 aromatic carbocycles. The van der Waals surface area contributed by atoms with E-state index in [9.17, 15) is 9.59 Å². The van der Waals surface area contributed by atoms with Crippen molar-refractivity contribution in [1.82, 2.24) is 10.3 Å². The SMILES string of the molecule is Cc1ccc(C(=O)N[C@H](C)Cc2cccc(Br)c2)c(=O)[nH]1. The van der Waals surface area contributed by atoms with E-state index in [-0.39, 0.29) is 23.1 Å². The summed E-state index contributed by atoms with van der Waals surface area (Å²) in [5.41, 5.74) is 1.64. The van der Waals surface area contributed by atoms with Gasteiger partial charge in [0.2, 0.25) is 0 Å². The fourth-order valence-corrected chi connectivity index (χ4v) is 2.57. The number of hydrogen-bond acceptors (Lipinski definition) is 2. The Balaban J connectivity index is 2.03. The molecule has 2 N–H and O–H groups in total. The molecule has 1 amide bonds. The van der Waals surface area contributed by atoms with E-state index < -0.39 is 0 Å². The monoisotopic (exact) mass is 348 g/mol. The van der Waals surface area contributed by atoms with Crippen molar-refractivity contribution in [3.05, 3.63) is 68.0 Å². The van der Waals surface area contributed by atoms with Crippen LogP contribution in [0.15, 0.2) is 45.7 Å². The number of aryl methyl sites for hydroxylation is 1. The normalized spacial score (nSPS) is 12.0. The molecule has 2 rings (SSSR count). The number of hydrogen-bond donors (Lipinski definition) is 2. The third-order valence-corrected chi connectivity index (χ3v) is 3.60. The molecular weight excluding hydrogens is 332 g/mol. The van der Waals surface area contributed by atoms with Crippen molar-refractivity contribution in [2.24, 2.45) is 0 Å². The fourth-order valence-electron chi connectivity index (χ4n) is 2.12. The summed E-state index contributed by atoms with van der Waals surface area (Å²) in [7, 11) is 0. The lowest BCUT2D eigenvalue weighted by Gasteiger charge is -2.14. The maximum absolute atomic E-state index is 12.1. The summed E-state index contributed by atoms with van der Waals surface area (Å²) in [4.78, 5) is 26.5. The average molecular weight is 349 g/mol. The average Bonchev–Trinajstić information content (AvgIpc) is 2.38. The van der Waals surface area contributed by atoms with Crippen LogP contribution >= 0.6 is 15.9 Å². The van der Waals surface area contributed by atoms with Crippen LogP contribution in [-0.4, -0.2) is 16.9 Å². The molecule has 1 aromatic heterocycles. The number of H-pyrrole nitrogens is 1. The van der Waals surface area contributed by atoms with E-state index in [2.05, 4.69) is 26.2 Å². The molecule has 4 nitrogen and oxygen atoms in total. The number of rotatable bonds is 4. The third kappa shape index (κ3) is 4.29. The predicted octanol–water partition coefficient (Wildman–Crippen LogP) is 2.81. The van der Waals surface area contributed by atoms with Crippen molar-refractivity contribution in [2.75, 3.05) is 0 Å². The lowest BCUT2D eigenvalue weighted by atomic mass is 10.1. The molecule has 0 unspecified atom stereocenters. The van der Waals surface area contributed by atoms with Gasteiger partial charge in [0.15, 0.2) is 0 Å². The zero-order valence-corrected chi connectivity index (χ0v) is 13.5.